The minimum absolute atomic E-state index is 0.00633. The van der Waals surface area contributed by atoms with Crippen LogP contribution in [0.2, 0.25) is 0 Å². The Morgan fingerprint density at radius 3 is 2.50 bits per heavy atom. The largest absolute Gasteiger partial charge is 0.370 e. The summed E-state index contributed by atoms with van der Waals surface area (Å²) in [4.78, 5) is 28.1. The number of anilines is 1. The van der Waals surface area contributed by atoms with Gasteiger partial charge in [-0.3, -0.25) is 14.6 Å². The molecule has 8 heteroatoms. The maximum absolute atomic E-state index is 12.6. The van der Waals surface area contributed by atoms with Crippen LogP contribution in [0.15, 0.2) is 47.5 Å². The first-order valence-electron chi connectivity index (χ1n) is 8.34. The molecule has 2 amide bonds. The van der Waals surface area contributed by atoms with Gasteiger partial charge in [-0.25, -0.2) is 0 Å². The fourth-order valence-corrected chi connectivity index (χ4v) is 2.52. The van der Waals surface area contributed by atoms with E-state index in [0.29, 0.717) is 25.1 Å². The van der Waals surface area contributed by atoms with Crippen molar-refractivity contribution < 1.29 is 9.59 Å². The van der Waals surface area contributed by atoms with E-state index in [2.05, 4.69) is 15.6 Å². The number of aliphatic imine (C=N–C) groups is 1. The summed E-state index contributed by atoms with van der Waals surface area (Å²) in [5.41, 5.74) is 16.6. The van der Waals surface area contributed by atoms with Crippen LogP contribution >= 0.6 is 0 Å². The van der Waals surface area contributed by atoms with E-state index in [1.165, 1.54) is 0 Å². The van der Waals surface area contributed by atoms with Gasteiger partial charge in [0.05, 0.1) is 6.54 Å². The number of rotatable bonds is 8. The molecule has 0 saturated heterocycles. The van der Waals surface area contributed by atoms with Crippen molar-refractivity contribution in [1.82, 2.24) is 5.32 Å². The van der Waals surface area contributed by atoms with Gasteiger partial charge in [0.25, 0.3) is 0 Å². The Labute approximate surface area is 151 Å². The van der Waals surface area contributed by atoms with Crippen molar-refractivity contribution in [1.29, 1.82) is 0 Å². The molecule has 8 nitrogen and oxygen atoms in total. The molecule has 1 unspecified atom stereocenters. The molecule has 0 aromatic heterocycles. The minimum Gasteiger partial charge on any atom is -0.370 e. The highest BCUT2D eigenvalue weighted by Gasteiger charge is 2.20. The van der Waals surface area contributed by atoms with Gasteiger partial charge in [0.1, 0.15) is 6.04 Å². The molecular weight excluding hydrogens is 332 g/mol. The maximum Gasteiger partial charge on any atom is 0.246 e. The highest BCUT2D eigenvalue weighted by molar-refractivity contribution is 5.99. The highest BCUT2D eigenvalue weighted by Crippen LogP contribution is 2.19. The fraction of sp³-hybridized carbons (Fsp3) is 0.278. The van der Waals surface area contributed by atoms with Gasteiger partial charge >= 0.3 is 0 Å². The van der Waals surface area contributed by atoms with Crippen molar-refractivity contribution in [2.45, 2.75) is 18.9 Å². The van der Waals surface area contributed by atoms with Crippen LogP contribution in [0, 0.1) is 0 Å². The van der Waals surface area contributed by atoms with Crippen molar-refractivity contribution in [2.75, 3.05) is 18.4 Å². The van der Waals surface area contributed by atoms with Gasteiger partial charge in [-0.2, -0.15) is 0 Å². The van der Waals surface area contributed by atoms with Gasteiger partial charge < -0.3 is 27.8 Å². The number of hydrogen-bond donors (Lipinski definition) is 5. The molecule has 0 aliphatic carbocycles. The zero-order valence-corrected chi connectivity index (χ0v) is 14.4. The fourth-order valence-electron chi connectivity index (χ4n) is 2.52. The molecule has 1 atom stereocenters. The van der Waals surface area contributed by atoms with Gasteiger partial charge in [-0.1, -0.05) is 30.3 Å². The number of guanidine groups is 1. The van der Waals surface area contributed by atoms with E-state index in [4.69, 9.17) is 17.2 Å². The van der Waals surface area contributed by atoms with Crippen molar-refractivity contribution in [3.8, 4) is 0 Å². The second-order valence-electron chi connectivity index (χ2n) is 5.82. The first-order valence-corrected chi connectivity index (χ1v) is 8.34. The van der Waals surface area contributed by atoms with Crippen molar-refractivity contribution >= 4 is 34.2 Å². The number of carbonyl (C=O) groups excluding carboxylic acids is 2. The van der Waals surface area contributed by atoms with E-state index in [9.17, 15) is 9.59 Å². The lowest BCUT2D eigenvalue weighted by Crippen LogP contribution is -2.46. The molecule has 138 valence electrons. The molecule has 2 rings (SSSR count). The summed E-state index contributed by atoms with van der Waals surface area (Å²) in [7, 11) is 0. The first kappa shape index (κ1) is 19.2. The van der Waals surface area contributed by atoms with E-state index >= 15 is 0 Å². The Morgan fingerprint density at radius 1 is 1.08 bits per heavy atom. The maximum atomic E-state index is 12.6. The third-order valence-electron chi connectivity index (χ3n) is 3.80. The SMILES string of the molecule is NCC(=O)NC(CCCN=C(N)N)C(=O)Nc1ccc2ccccc2c1. The standard InChI is InChI=1S/C18H24N6O2/c19-11-16(25)24-15(6-3-9-22-18(20)21)17(26)23-14-8-7-12-4-1-2-5-13(12)10-14/h1-2,4-5,7-8,10,15H,3,6,9,11,19H2,(H,23,26)(H,24,25)(H4,20,21,22). The van der Waals surface area contributed by atoms with Crippen LogP contribution in [0.4, 0.5) is 5.69 Å². The molecule has 0 bridgehead atoms. The quantitative estimate of drug-likeness (QED) is 0.262. The monoisotopic (exact) mass is 356 g/mol. The second-order valence-corrected chi connectivity index (χ2v) is 5.82. The average molecular weight is 356 g/mol. The molecule has 2 aromatic carbocycles. The third-order valence-corrected chi connectivity index (χ3v) is 3.80. The molecule has 0 aliphatic rings. The predicted octanol–water partition coefficient (Wildman–Crippen LogP) is 0.275. The Kier molecular flexibility index (Phi) is 6.92. The van der Waals surface area contributed by atoms with Gasteiger partial charge in [0.2, 0.25) is 11.8 Å². The molecule has 8 N–H and O–H groups in total. The van der Waals surface area contributed by atoms with Gasteiger partial charge in [-0.05, 0) is 35.7 Å². The van der Waals surface area contributed by atoms with Crippen LogP contribution in [0.1, 0.15) is 12.8 Å². The van der Waals surface area contributed by atoms with Gasteiger partial charge in [-0.15, -0.1) is 0 Å². The normalized spacial score (nSPS) is 11.6. The number of amides is 2. The smallest absolute Gasteiger partial charge is 0.246 e. The lowest BCUT2D eigenvalue weighted by Gasteiger charge is -2.18. The van der Waals surface area contributed by atoms with Crippen LogP contribution in [-0.4, -0.2) is 36.9 Å². The topological polar surface area (TPSA) is 149 Å². The minimum atomic E-state index is -0.716. The molecule has 0 fully saturated rings. The summed E-state index contributed by atoms with van der Waals surface area (Å²) in [6, 6.07) is 12.8. The Balaban J connectivity index is 2.05. The van der Waals surface area contributed by atoms with Crippen LogP contribution in [-0.2, 0) is 9.59 Å². The van der Waals surface area contributed by atoms with E-state index in [1.54, 1.807) is 0 Å². The summed E-state index contributed by atoms with van der Waals surface area (Å²) in [5, 5.41) is 7.55. The number of carbonyl (C=O) groups is 2. The lowest BCUT2D eigenvalue weighted by atomic mass is 10.1. The lowest BCUT2D eigenvalue weighted by molar-refractivity contribution is -0.125. The number of benzene rings is 2. The van der Waals surface area contributed by atoms with Crippen LogP contribution < -0.4 is 27.8 Å². The van der Waals surface area contributed by atoms with Crippen LogP contribution in [0.3, 0.4) is 0 Å². The molecule has 0 aliphatic heterocycles. The Morgan fingerprint density at radius 2 is 1.81 bits per heavy atom. The molecule has 0 saturated carbocycles. The third kappa shape index (κ3) is 5.75. The van der Waals surface area contributed by atoms with Gasteiger partial charge in [0.15, 0.2) is 5.96 Å². The van der Waals surface area contributed by atoms with E-state index < -0.39 is 11.9 Å². The highest BCUT2D eigenvalue weighted by atomic mass is 16.2. The van der Waals surface area contributed by atoms with Crippen molar-refractivity contribution in [3.63, 3.8) is 0 Å². The van der Waals surface area contributed by atoms with Crippen LogP contribution in [0.5, 0.6) is 0 Å². The molecule has 0 spiro atoms. The summed E-state index contributed by atoms with van der Waals surface area (Å²) < 4.78 is 0. The van der Waals surface area contributed by atoms with Crippen molar-refractivity contribution in [2.24, 2.45) is 22.2 Å². The molecule has 2 aromatic rings. The average Bonchev–Trinajstić information content (AvgIpc) is 2.63. The molecule has 26 heavy (non-hydrogen) atoms. The molecule has 0 radical (unpaired) electrons. The Hall–Kier alpha value is -3.13. The number of nitrogens with one attached hydrogen (secondary N) is 2. The van der Waals surface area contributed by atoms with E-state index in [-0.39, 0.29) is 18.4 Å². The first-order chi connectivity index (χ1) is 12.5. The zero-order chi connectivity index (χ0) is 18.9. The van der Waals surface area contributed by atoms with E-state index in [0.717, 1.165) is 10.8 Å². The van der Waals surface area contributed by atoms with Gasteiger partial charge in [0, 0.05) is 12.2 Å². The summed E-state index contributed by atoms with van der Waals surface area (Å²) in [6.45, 7) is 0.189. The summed E-state index contributed by atoms with van der Waals surface area (Å²) in [5.74, 6) is -0.717. The number of nitrogens with two attached hydrogens (primary N) is 3. The summed E-state index contributed by atoms with van der Waals surface area (Å²) >= 11 is 0. The second kappa shape index (κ2) is 9.38. The number of fused-ring (bicyclic) bond motifs is 1. The van der Waals surface area contributed by atoms with E-state index in [1.807, 2.05) is 42.5 Å². The Bertz CT molecular complexity index is 801. The predicted molar refractivity (Wildman–Crippen MR) is 103 cm³/mol. The van der Waals surface area contributed by atoms with Crippen LogP contribution in [0.25, 0.3) is 10.8 Å². The van der Waals surface area contributed by atoms with Crippen molar-refractivity contribution in [3.05, 3.63) is 42.5 Å². The number of hydrogen-bond acceptors (Lipinski definition) is 4. The molecular formula is C18H24N6O2. The number of nitrogens with zero attached hydrogens (tertiary/aromatic N) is 1. The summed E-state index contributed by atoms with van der Waals surface area (Å²) in [6.07, 6.45) is 0.931. The molecule has 0 heterocycles. The zero-order valence-electron chi connectivity index (χ0n) is 14.4.